The van der Waals surface area contributed by atoms with E-state index < -0.39 is 0 Å². The summed E-state index contributed by atoms with van der Waals surface area (Å²) in [6.07, 6.45) is 1.87. The first kappa shape index (κ1) is 14.5. The van der Waals surface area contributed by atoms with Crippen molar-refractivity contribution >= 4 is 16.7 Å². The Morgan fingerprint density at radius 1 is 1.40 bits per heavy atom. The Hall–Kier alpha value is -1.91. The molecule has 20 heavy (non-hydrogen) atoms. The van der Waals surface area contributed by atoms with Crippen molar-refractivity contribution in [3.8, 4) is 0 Å². The van der Waals surface area contributed by atoms with Gasteiger partial charge in [-0.25, -0.2) is 4.98 Å². The molecular formula is C16H21N3O. The van der Waals surface area contributed by atoms with Gasteiger partial charge in [0, 0.05) is 32.1 Å². The third-order valence-electron chi connectivity index (χ3n) is 3.25. The van der Waals surface area contributed by atoms with Gasteiger partial charge in [-0.1, -0.05) is 24.3 Å². The zero-order valence-corrected chi connectivity index (χ0v) is 11.9. The summed E-state index contributed by atoms with van der Waals surface area (Å²) >= 11 is 0. The minimum Gasteiger partial charge on any atom is -0.383 e. The quantitative estimate of drug-likeness (QED) is 0.785. The van der Waals surface area contributed by atoms with E-state index >= 15 is 0 Å². The van der Waals surface area contributed by atoms with E-state index in [4.69, 9.17) is 15.5 Å². The average Bonchev–Trinajstić information content (AvgIpc) is 2.50. The van der Waals surface area contributed by atoms with E-state index in [0.29, 0.717) is 13.2 Å². The summed E-state index contributed by atoms with van der Waals surface area (Å²) in [4.78, 5) is 6.86. The lowest BCUT2D eigenvalue weighted by Gasteiger charge is -2.23. The number of hydrogen-bond donors (Lipinski definition) is 1. The summed E-state index contributed by atoms with van der Waals surface area (Å²) < 4.78 is 5.16. The van der Waals surface area contributed by atoms with Crippen LogP contribution in [0.3, 0.4) is 0 Å². The zero-order valence-electron chi connectivity index (χ0n) is 11.9. The molecule has 0 spiro atoms. The highest BCUT2D eigenvalue weighted by Crippen LogP contribution is 2.22. The number of nitrogens with zero attached hydrogens (tertiary/aromatic N) is 2. The van der Waals surface area contributed by atoms with Crippen molar-refractivity contribution in [2.24, 2.45) is 5.73 Å². The predicted octanol–water partition coefficient (Wildman–Crippen LogP) is 2.33. The van der Waals surface area contributed by atoms with Crippen molar-refractivity contribution in [1.29, 1.82) is 0 Å². The van der Waals surface area contributed by atoms with Gasteiger partial charge in [0.2, 0.25) is 0 Å². The number of pyridine rings is 1. The number of anilines is 1. The van der Waals surface area contributed by atoms with Crippen LogP contribution < -0.4 is 10.6 Å². The Bertz CT molecular complexity index is 583. The molecule has 1 aromatic carbocycles. The molecule has 0 bridgehead atoms. The number of nitrogens with two attached hydrogens (primary N) is 1. The Labute approximate surface area is 119 Å². The molecule has 4 heteroatoms. The Kier molecular flexibility index (Phi) is 5.09. The van der Waals surface area contributed by atoms with Crippen molar-refractivity contribution in [1.82, 2.24) is 4.98 Å². The fourth-order valence-corrected chi connectivity index (χ4v) is 2.22. The molecule has 0 unspecified atom stereocenters. The molecule has 1 aromatic heterocycles. The largest absolute Gasteiger partial charge is 0.383 e. The smallest absolute Gasteiger partial charge is 0.129 e. The van der Waals surface area contributed by atoms with Crippen LogP contribution in [0.2, 0.25) is 0 Å². The maximum absolute atomic E-state index is 5.87. The number of ether oxygens (including phenoxy) is 1. The van der Waals surface area contributed by atoms with Crippen molar-refractivity contribution in [2.45, 2.75) is 6.54 Å². The fraction of sp³-hybridized carbons (Fsp3) is 0.312. The first-order chi connectivity index (χ1) is 9.80. The molecule has 0 atom stereocenters. The SMILES string of the molecule is C=CCN(CCOC)c1cc(CN)c2ccccc2n1. The number of methoxy groups -OCH3 is 1. The van der Waals surface area contributed by atoms with Gasteiger partial charge in [0.15, 0.2) is 0 Å². The molecule has 0 fully saturated rings. The molecule has 0 aliphatic heterocycles. The van der Waals surface area contributed by atoms with Crippen LogP contribution in [0.5, 0.6) is 0 Å². The van der Waals surface area contributed by atoms with Crippen LogP contribution >= 0.6 is 0 Å². The van der Waals surface area contributed by atoms with Gasteiger partial charge in [0.05, 0.1) is 12.1 Å². The molecule has 2 aromatic rings. The first-order valence-electron chi connectivity index (χ1n) is 6.73. The van der Waals surface area contributed by atoms with E-state index in [1.54, 1.807) is 7.11 Å². The molecule has 2 N–H and O–H groups in total. The molecule has 0 aliphatic rings. The normalized spacial score (nSPS) is 10.7. The topological polar surface area (TPSA) is 51.4 Å². The van der Waals surface area contributed by atoms with Gasteiger partial charge in [-0.3, -0.25) is 0 Å². The molecule has 106 valence electrons. The predicted molar refractivity (Wildman–Crippen MR) is 83.9 cm³/mol. The van der Waals surface area contributed by atoms with Crippen LogP contribution in [0.15, 0.2) is 43.0 Å². The lowest BCUT2D eigenvalue weighted by molar-refractivity contribution is 0.205. The van der Waals surface area contributed by atoms with Crippen LogP contribution in [0.1, 0.15) is 5.56 Å². The van der Waals surface area contributed by atoms with Gasteiger partial charge in [-0.15, -0.1) is 6.58 Å². The highest BCUT2D eigenvalue weighted by molar-refractivity contribution is 5.84. The van der Waals surface area contributed by atoms with Crippen LogP contribution in [0, 0.1) is 0 Å². The number of aromatic nitrogens is 1. The minimum absolute atomic E-state index is 0.502. The maximum atomic E-state index is 5.87. The lowest BCUT2D eigenvalue weighted by Crippen LogP contribution is -2.28. The third kappa shape index (κ3) is 3.15. The summed E-state index contributed by atoms with van der Waals surface area (Å²) in [6, 6.07) is 10.1. The van der Waals surface area contributed by atoms with Gasteiger partial charge in [0.25, 0.3) is 0 Å². The summed E-state index contributed by atoms with van der Waals surface area (Å²) in [5, 5.41) is 1.11. The highest BCUT2D eigenvalue weighted by atomic mass is 16.5. The number of fused-ring (bicyclic) bond motifs is 1. The van der Waals surface area contributed by atoms with Gasteiger partial charge >= 0.3 is 0 Å². The van der Waals surface area contributed by atoms with E-state index in [1.165, 1.54) is 0 Å². The van der Waals surface area contributed by atoms with Crippen molar-refractivity contribution in [2.75, 3.05) is 31.7 Å². The summed E-state index contributed by atoms with van der Waals surface area (Å²) in [7, 11) is 1.70. The molecular weight excluding hydrogens is 250 g/mol. The number of para-hydroxylation sites is 1. The zero-order chi connectivity index (χ0) is 14.4. The van der Waals surface area contributed by atoms with E-state index in [0.717, 1.165) is 35.4 Å². The van der Waals surface area contributed by atoms with Gasteiger partial charge in [0.1, 0.15) is 5.82 Å². The van der Waals surface area contributed by atoms with Crippen molar-refractivity contribution < 1.29 is 4.74 Å². The second-order valence-corrected chi connectivity index (χ2v) is 4.59. The van der Waals surface area contributed by atoms with Crippen LogP contribution in [-0.4, -0.2) is 31.8 Å². The molecule has 0 radical (unpaired) electrons. The van der Waals surface area contributed by atoms with Crippen molar-refractivity contribution in [3.63, 3.8) is 0 Å². The summed E-state index contributed by atoms with van der Waals surface area (Å²) in [6.45, 7) is 6.47. The second kappa shape index (κ2) is 7.03. The van der Waals surface area contributed by atoms with Crippen LogP contribution in [0.4, 0.5) is 5.82 Å². The van der Waals surface area contributed by atoms with Crippen molar-refractivity contribution in [3.05, 3.63) is 48.6 Å². The fourth-order valence-electron chi connectivity index (χ4n) is 2.22. The molecule has 1 heterocycles. The Morgan fingerprint density at radius 3 is 2.90 bits per heavy atom. The second-order valence-electron chi connectivity index (χ2n) is 4.59. The molecule has 4 nitrogen and oxygen atoms in total. The third-order valence-corrected chi connectivity index (χ3v) is 3.25. The number of rotatable bonds is 7. The van der Waals surface area contributed by atoms with E-state index in [-0.39, 0.29) is 0 Å². The number of benzene rings is 1. The van der Waals surface area contributed by atoms with Gasteiger partial charge < -0.3 is 15.4 Å². The first-order valence-corrected chi connectivity index (χ1v) is 6.73. The summed E-state index contributed by atoms with van der Waals surface area (Å²) in [5.41, 5.74) is 7.95. The number of hydrogen-bond acceptors (Lipinski definition) is 4. The molecule has 0 saturated heterocycles. The average molecular weight is 271 g/mol. The maximum Gasteiger partial charge on any atom is 0.129 e. The summed E-state index contributed by atoms with van der Waals surface area (Å²) in [5.74, 6) is 0.918. The highest BCUT2D eigenvalue weighted by Gasteiger charge is 2.10. The van der Waals surface area contributed by atoms with E-state index in [9.17, 15) is 0 Å². The minimum atomic E-state index is 0.502. The van der Waals surface area contributed by atoms with Crippen LogP contribution in [0.25, 0.3) is 10.9 Å². The molecule has 2 rings (SSSR count). The van der Waals surface area contributed by atoms with Gasteiger partial charge in [-0.2, -0.15) is 0 Å². The Morgan fingerprint density at radius 2 is 2.20 bits per heavy atom. The van der Waals surface area contributed by atoms with Gasteiger partial charge in [-0.05, 0) is 17.7 Å². The molecule has 0 saturated carbocycles. The monoisotopic (exact) mass is 271 g/mol. The van der Waals surface area contributed by atoms with E-state index in [2.05, 4.69) is 23.6 Å². The lowest BCUT2D eigenvalue weighted by atomic mass is 10.1. The standard InChI is InChI=1S/C16H21N3O/c1-3-8-19(9-10-20-2)16-11-13(12-17)14-6-4-5-7-15(14)18-16/h3-7,11H,1,8-10,12,17H2,2H3. The van der Waals surface area contributed by atoms with Crippen LogP contribution in [-0.2, 0) is 11.3 Å². The Balaban J connectivity index is 2.43. The molecule has 0 amide bonds. The molecule has 0 aliphatic carbocycles. The van der Waals surface area contributed by atoms with E-state index in [1.807, 2.05) is 24.3 Å².